The number of hydrogen-bond acceptors (Lipinski definition) is 1. The lowest BCUT2D eigenvalue weighted by molar-refractivity contribution is 5.15. The van der Waals surface area contributed by atoms with Crippen LogP contribution in [-0.2, 0) is 11.8 Å². The Bertz CT molecular complexity index is 31.0. The summed E-state index contributed by atoms with van der Waals surface area (Å²) in [6, 6.07) is 0. The van der Waals surface area contributed by atoms with Gasteiger partial charge >= 0.3 is 3.69 Å². The third-order valence-corrected chi connectivity index (χ3v) is 0. The Hall–Kier alpha value is 1.54. The van der Waals surface area contributed by atoms with Gasteiger partial charge in [0.1, 0.15) is 0 Å². The van der Waals surface area contributed by atoms with Gasteiger partial charge in [-0.15, -0.1) is 0 Å². The van der Waals surface area contributed by atoms with Crippen molar-refractivity contribution in [2.45, 2.75) is 0 Å². The largest absolute Gasteiger partial charge is 0.356 e. The van der Waals surface area contributed by atoms with Crippen LogP contribution in [0.25, 0.3) is 0 Å². The molecule has 0 heterocycles. The highest BCUT2D eigenvalue weighted by molar-refractivity contribution is 14.2. The van der Waals surface area contributed by atoms with Gasteiger partial charge in [0.15, 0.2) is 23.0 Å². The van der Waals surface area contributed by atoms with Crippen molar-refractivity contribution in [2.75, 3.05) is 0 Å². The minimum absolute atomic E-state index is 0.595. The van der Waals surface area contributed by atoms with Crippen LogP contribution in [0.4, 0.5) is 0 Å². The molecule has 24 valence electrons. The minimum atomic E-state index is -0.595. The van der Waals surface area contributed by atoms with E-state index in [9.17, 15) is 0 Å². The van der Waals surface area contributed by atoms with E-state index in [0.29, 0.717) is 0 Å². The molecule has 0 nitrogen and oxygen atoms in total. The van der Waals surface area contributed by atoms with Gasteiger partial charge in [-0.05, 0) is 0 Å². The average Bonchev–Trinajstić information content (AvgIpc) is 0.811. The Kier molecular flexibility index (Phi) is 3.82. The summed E-state index contributed by atoms with van der Waals surface area (Å²) in [5.41, 5.74) is 0. The van der Waals surface area contributed by atoms with Gasteiger partial charge in [-0.1, -0.05) is 0 Å². The summed E-state index contributed by atoms with van der Waals surface area (Å²) in [5, 5.41) is 0. The van der Waals surface area contributed by atoms with E-state index >= 15 is 0 Å². The lowest BCUT2D eigenvalue weighted by Gasteiger charge is -1.29. The van der Waals surface area contributed by atoms with Crippen molar-refractivity contribution in [3.05, 3.63) is 0 Å². The number of rotatable bonds is 0. The molecule has 0 aromatic heterocycles. The van der Waals surface area contributed by atoms with E-state index in [2.05, 4.69) is 11.8 Å². The Labute approximate surface area is 48.6 Å². The first kappa shape index (κ1) is 5.54. The summed E-state index contributed by atoms with van der Waals surface area (Å²) in [6.45, 7) is 0. The molecular formula is ClIPS+. The van der Waals surface area contributed by atoms with Crippen molar-refractivity contribution in [1.82, 2.24) is 0 Å². The van der Waals surface area contributed by atoms with Crippen molar-refractivity contribution in [3.8, 4) is 0 Å². The van der Waals surface area contributed by atoms with Gasteiger partial charge in [0.25, 0.3) is 22.0 Å². The topological polar surface area (TPSA) is 0 Å². The molecule has 0 aliphatic carbocycles. The number of hydrogen-bond donors (Lipinski definition) is 0. The van der Waals surface area contributed by atoms with Crippen molar-refractivity contribution in [1.29, 1.82) is 0 Å². The van der Waals surface area contributed by atoms with E-state index in [4.69, 9.17) is 11.2 Å². The first-order valence-electron chi connectivity index (χ1n) is 0.521. The van der Waals surface area contributed by atoms with Crippen LogP contribution in [0.1, 0.15) is 0 Å². The van der Waals surface area contributed by atoms with E-state index in [1.807, 2.05) is 22.0 Å². The molecule has 0 aromatic carbocycles. The second-order valence-corrected chi connectivity index (χ2v) is 9.89. The fraction of sp³-hybridized carbons (Fsp3) is 0. The molecule has 0 aliphatic heterocycles. The third-order valence-electron chi connectivity index (χ3n) is 0. The monoisotopic (exact) mass is 225 g/mol. The molecule has 0 spiro atoms. The molecule has 0 radical (unpaired) electrons. The Morgan fingerprint density at radius 2 is 2.00 bits per heavy atom. The fourth-order valence-corrected chi connectivity index (χ4v) is 0. The Balaban J connectivity index is 2.80. The molecule has 0 aliphatic rings. The van der Waals surface area contributed by atoms with Gasteiger partial charge in [0, 0.05) is 0 Å². The van der Waals surface area contributed by atoms with Gasteiger partial charge in [0.2, 0.25) is 0 Å². The Morgan fingerprint density at radius 3 is 2.00 bits per heavy atom. The highest BCUT2D eigenvalue weighted by Gasteiger charge is 1.87. The average molecular weight is 225 g/mol. The highest BCUT2D eigenvalue weighted by atomic mass is 127. The molecular weight excluding hydrogens is 225 g/mol. The van der Waals surface area contributed by atoms with Crippen molar-refractivity contribution >= 4 is 48.8 Å². The first-order chi connectivity index (χ1) is 1.73. The molecule has 0 fully saturated rings. The fourth-order valence-electron chi connectivity index (χ4n) is 0. The van der Waals surface area contributed by atoms with Crippen LogP contribution in [0.3, 0.4) is 0 Å². The van der Waals surface area contributed by atoms with Crippen LogP contribution in [0.5, 0.6) is 0 Å². The SMILES string of the molecule is S=[P+](Cl)I. The summed E-state index contributed by atoms with van der Waals surface area (Å²) >= 11 is 11.6. The molecule has 4 heteroatoms. The summed E-state index contributed by atoms with van der Waals surface area (Å²) in [5.74, 6) is 0. The lowest BCUT2D eigenvalue weighted by atomic mass is 30.5. The van der Waals surface area contributed by atoms with E-state index in [1.54, 1.807) is 0 Å². The van der Waals surface area contributed by atoms with Gasteiger partial charge in [-0.2, -0.15) is 0 Å². The zero-order valence-electron chi connectivity index (χ0n) is 1.61. The zero-order chi connectivity index (χ0) is 3.58. The lowest BCUT2D eigenvalue weighted by Crippen LogP contribution is -0.892. The molecule has 1 unspecified atom stereocenters. The summed E-state index contributed by atoms with van der Waals surface area (Å²) in [4.78, 5) is 0. The molecule has 0 saturated carbocycles. The summed E-state index contributed by atoms with van der Waals surface area (Å²) in [7, 11) is 0. The maximum atomic E-state index is 5.14. The molecule has 0 saturated heterocycles. The third kappa shape index (κ3) is 9.63. The molecule has 0 amide bonds. The van der Waals surface area contributed by atoms with Crippen LogP contribution in [0.2, 0.25) is 0 Å². The van der Waals surface area contributed by atoms with Crippen LogP contribution >= 0.6 is 37.0 Å². The second kappa shape index (κ2) is 2.76. The van der Waals surface area contributed by atoms with E-state index in [0.717, 1.165) is 0 Å². The summed E-state index contributed by atoms with van der Waals surface area (Å²) < 4.78 is -0.595. The molecule has 0 aromatic rings. The molecule has 0 bridgehead atoms. The van der Waals surface area contributed by atoms with Crippen molar-refractivity contribution in [3.63, 3.8) is 0 Å². The van der Waals surface area contributed by atoms with E-state index in [1.165, 1.54) is 0 Å². The summed E-state index contributed by atoms with van der Waals surface area (Å²) in [6.07, 6.45) is 0. The van der Waals surface area contributed by atoms with Crippen LogP contribution < -0.4 is 0 Å². The van der Waals surface area contributed by atoms with E-state index < -0.39 is 3.69 Å². The normalized spacial score (nSPS) is 11.0. The highest BCUT2D eigenvalue weighted by Crippen LogP contribution is 2.36. The maximum Gasteiger partial charge on any atom is 0.356 e. The molecule has 1 atom stereocenters. The smallest absolute Gasteiger partial charge is 0.184 e. The minimum Gasteiger partial charge on any atom is 0.184 e. The predicted molar refractivity (Wildman–Crippen MR) is 34.2 cm³/mol. The number of halogens is 2. The Morgan fingerprint density at radius 1 is 2.00 bits per heavy atom. The van der Waals surface area contributed by atoms with Crippen LogP contribution in [-0.4, -0.2) is 0 Å². The van der Waals surface area contributed by atoms with Gasteiger partial charge in [-0.3, -0.25) is 0 Å². The quantitative estimate of drug-likeness (QED) is 0.451. The van der Waals surface area contributed by atoms with Crippen molar-refractivity contribution in [2.24, 2.45) is 0 Å². The molecule has 4 heavy (non-hydrogen) atoms. The predicted octanol–water partition coefficient (Wildman–Crippen LogP) is 2.43. The standard InChI is InChI=1S/ClIPS/c1-3(2)4/q+1. The second-order valence-electron chi connectivity index (χ2n) is 0.202. The van der Waals surface area contributed by atoms with E-state index in [-0.39, 0.29) is 0 Å². The van der Waals surface area contributed by atoms with Crippen molar-refractivity contribution < 1.29 is 0 Å². The van der Waals surface area contributed by atoms with Crippen LogP contribution in [0.15, 0.2) is 0 Å². The van der Waals surface area contributed by atoms with Gasteiger partial charge in [0.05, 0.1) is 0 Å². The van der Waals surface area contributed by atoms with Crippen LogP contribution in [0, 0.1) is 0 Å². The maximum absolute atomic E-state index is 5.14. The zero-order valence-corrected chi connectivity index (χ0v) is 6.24. The van der Waals surface area contributed by atoms with Gasteiger partial charge in [-0.25, -0.2) is 0 Å². The van der Waals surface area contributed by atoms with Gasteiger partial charge < -0.3 is 0 Å². The molecule has 0 rings (SSSR count). The molecule has 0 N–H and O–H groups in total. The first-order valence-corrected chi connectivity index (χ1v) is 6.57.